The van der Waals surface area contributed by atoms with Crippen molar-refractivity contribution in [2.75, 3.05) is 13.2 Å². The van der Waals surface area contributed by atoms with Crippen LogP contribution in [0.4, 0.5) is 4.39 Å². The van der Waals surface area contributed by atoms with Crippen molar-refractivity contribution in [2.24, 2.45) is 5.73 Å². The minimum absolute atomic E-state index is 0.698. The SMILES string of the molecule is [2H]C([2H])(O)[C@H]1O[C@@H](n2ccc(=O)[nH]c2=O)C(N)(C#CCF)[C@H]1O. The third kappa shape index (κ3) is 2.62. The number of H-pyrrole nitrogens is 1. The molecule has 2 heterocycles. The molecule has 0 aromatic carbocycles. The molecular formula is C12H14FN3O5. The van der Waals surface area contributed by atoms with E-state index in [-0.39, 0.29) is 0 Å². The Morgan fingerprint density at radius 3 is 2.95 bits per heavy atom. The number of nitrogens with two attached hydrogens (primary N) is 1. The van der Waals surface area contributed by atoms with Crippen molar-refractivity contribution in [3.63, 3.8) is 0 Å². The fraction of sp³-hybridized carbons (Fsp3) is 0.500. The average molecular weight is 301 g/mol. The van der Waals surface area contributed by atoms with Gasteiger partial charge in [0.05, 0.1) is 9.30 Å². The Labute approximate surface area is 120 Å². The Hall–Kier alpha value is -1.99. The van der Waals surface area contributed by atoms with Gasteiger partial charge in [-0.15, -0.1) is 0 Å². The molecule has 0 saturated carbocycles. The van der Waals surface area contributed by atoms with Gasteiger partial charge < -0.3 is 20.7 Å². The van der Waals surface area contributed by atoms with Crippen LogP contribution in [-0.2, 0) is 4.74 Å². The normalized spacial score (nSPS) is 33.8. The maximum atomic E-state index is 12.3. The third-order valence-electron chi connectivity index (χ3n) is 3.06. The van der Waals surface area contributed by atoms with Gasteiger partial charge in [-0.3, -0.25) is 14.3 Å². The molecule has 0 radical (unpaired) electrons. The molecule has 9 heteroatoms. The first-order valence-corrected chi connectivity index (χ1v) is 5.83. The van der Waals surface area contributed by atoms with E-state index in [1.165, 1.54) is 0 Å². The highest BCUT2D eigenvalue weighted by atomic mass is 19.1. The second kappa shape index (κ2) is 5.79. The maximum Gasteiger partial charge on any atom is 0.330 e. The zero-order valence-electron chi connectivity index (χ0n) is 12.6. The molecule has 2 rings (SSSR count). The van der Waals surface area contributed by atoms with Crippen LogP contribution in [0.1, 0.15) is 8.97 Å². The van der Waals surface area contributed by atoms with E-state index in [1.807, 2.05) is 10.9 Å². The summed E-state index contributed by atoms with van der Waals surface area (Å²) in [6.45, 7) is -4.10. The maximum absolute atomic E-state index is 12.3. The molecule has 1 aromatic rings. The first-order valence-electron chi connectivity index (χ1n) is 6.83. The van der Waals surface area contributed by atoms with E-state index in [4.69, 9.17) is 13.2 Å². The number of halogens is 1. The summed E-state index contributed by atoms with van der Waals surface area (Å²) in [5, 5.41) is 19.6. The molecule has 0 amide bonds. The van der Waals surface area contributed by atoms with Gasteiger partial charge in [-0.05, 0) is 0 Å². The van der Waals surface area contributed by atoms with Crippen molar-refractivity contribution in [2.45, 2.75) is 24.0 Å². The van der Waals surface area contributed by atoms with E-state index in [2.05, 4.69) is 5.92 Å². The molecule has 21 heavy (non-hydrogen) atoms. The van der Waals surface area contributed by atoms with E-state index in [1.54, 1.807) is 0 Å². The van der Waals surface area contributed by atoms with Gasteiger partial charge in [0.15, 0.2) is 11.8 Å². The molecule has 1 unspecified atom stereocenters. The van der Waals surface area contributed by atoms with Crippen molar-refractivity contribution >= 4 is 0 Å². The minimum atomic E-state index is -3.00. The quantitative estimate of drug-likeness (QED) is 0.445. The van der Waals surface area contributed by atoms with Gasteiger partial charge in [0.25, 0.3) is 5.56 Å². The van der Waals surface area contributed by atoms with Gasteiger partial charge in [-0.25, -0.2) is 9.18 Å². The topological polar surface area (TPSA) is 131 Å². The van der Waals surface area contributed by atoms with Crippen LogP contribution in [0.15, 0.2) is 21.9 Å². The van der Waals surface area contributed by atoms with Gasteiger partial charge >= 0.3 is 5.69 Å². The predicted octanol–water partition coefficient (Wildman–Crippen LogP) is -2.54. The Morgan fingerprint density at radius 1 is 1.67 bits per heavy atom. The summed E-state index contributed by atoms with van der Waals surface area (Å²) >= 11 is 0. The van der Waals surface area contributed by atoms with Crippen molar-refractivity contribution in [1.82, 2.24) is 9.55 Å². The smallest absolute Gasteiger partial charge is 0.330 e. The van der Waals surface area contributed by atoms with Crippen LogP contribution in [0, 0.1) is 11.8 Å². The van der Waals surface area contributed by atoms with Crippen molar-refractivity contribution < 1.29 is 22.1 Å². The van der Waals surface area contributed by atoms with E-state index in [0.29, 0.717) is 0 Å². The zero-order valence-corrected chi connectivity index (χ0v) is 10.6. The van der Waals surface area contributed by atoms with Crippen LogP contribution in [0.2, 0.25) is 0 Å². The Morgan fingerprint density at radius 2 is 2.38 bits per heavy atom. The highest BCUT2D eigenvalue weighted by Crippen LogP contribution is 2.35. The molecule has 1 saturated heterocycles. The molecule has 4 atom stereocenters. The van der Waals surface area contributed by atoms with Crippen molar-refractivity contribution in [1.29, 1.82) is 0 Å². The molecule has 1 aliphatic heterocycles. The summed E-state index contributed by atoms with van der Waals surface area (Å²) in [7, 11) is 0. The fourth-order valence-corrected chi connectivity index (χ4v) is 2.05. The lowest BCUT2D eigenvalue weighted by Gasteiger charge is -2.27. The Bertz CT molecular complexity index is 765. The van der Waals surface area contributed by atoms with E-state index >= 15 is 0 Å². The lowest BCUT2D eigenvalue weighted by atomic mass is 9.91. The average Bonchev–Trinajstić information content (AvgIpc) is 2.70. The number of aliphatic hydroxyl groups is 2. The largest absolute Gasteiger partial charge is 0.394 e. The standard InChI is InChI=1S/C12H14FN3O5/c13-4-1-3-12(14)9(19)7(6-17)21-10(12)16-5-2-8(18)15-11(16)20/h2,5,7,9-10,17,19H,4,6,14H2,(H,15,18,20)/t7-,9+,10-,12?/m1/s1/i6D2. The van der Waals surface area contributed by atoms with Gasteiger partial charge in [0.2, 0.25) is 0 Å². The second-order valence-electron chi connectivity index (χ2n) is 4.37. The predicted molar refractivity (Wildman–Crippen MR) is 69.0 cm³/mol. The number of nitrogens with zero attached hydrogens (tertiary/aromatic N) is 1. The zero-order chi connectivity index (χ0) is 17.4. The van der Waals surface area contributed by atoms with E-state index < -0.39 is 48.5 Å². The van der Waals surface area contributed by atoms with Gasteiger partial charge in [-0.1, -0.05) is 11.8 Å². The lowest BCUT2D eigenvalue weighted by Crippen LogP contribution is -2.55. The van der Waals surface area contributed by atoms with Crippen molar-refractivity contribution in [3.05, 3.63) is 33.1 Å². The highest BCUT2D eigenvalue weighted by molar-refractivity contribution is 5.25. The first kappa shape index (κ1) is 12.7. The molecule has 0 aliphatic carbocycles. The summed E-state index contributed by atoms with van der Waals surface area (Å²) < 4.78 is 32.8. The van der Waals surface area contributed by atoms with Crippen LogP contribution < -0.4 is 17.0 Å². The molecule has 0 bridgehead atoms. The van der Waals surface area contributed by atoms with E-state index in [0.717, 1.165) is 16.8 Å². The number of aromatic amines is 1. The first-order chi connectivity index (χ1) is 10.6. The lowest BCUT2D eigenvalue weighted by molar-refractivity contribution is -0.0477. The molecule has 1 aliphatic rings. The number of hydrogen-bond acceptors (Lipinski definition) is 6. The molecule has 1 fully saturated rings. The van der Waals surface area contributed by atoms with E-state index in [9.17, 15) is 24.2 Å². The number of alkyl halides is 1. The molecule has 0 spiro atoms. The number of nitrogens with one attached hydrogen (secondary N) is 1. The number of aliphatic hydroxyl groups excluding tert-OH is 1. The summed E-state index contributed by atoms with van der Waals surface area (Å²) in [5.74, 6) is 4.19. The number of aromatic nitrogens is 2. The fourth-order valence-electron chi connectivity index (χ4n) is 2.05. The summed E-state index contributed by atoms with van der Waals surface area (Å²) in [6, 6.07) is 0.973. The number of hydrogen-bond donors (Lipinski definition) is 4. The van der Waals surface area contributed by atoms with Crippen LogP contribution in [0.3, 0.4) is 0 Å². The van der Waals surface area contributed by atoms with Gasteiger partial charge in [0, 0.05) is 12.3 Å². The molecular weight excluding hydrogens is 285 g/mol. The van der Waals surface area contributed by atoms with Crippen molar-refractivity contribution in [3.8, 4) is 11.8 Å². The number of ether oxygens (including phenoxy) is 1. The highest BCUT2D eigenvalue weighted by Gasteiger charge is 2.54. The van der Waals surface area contributed by atoms with Crippen LogP contribution in [0.25, 0.3) is 0 Å². The second-order valence-corrected chi connectivity index (χ2v) is 4.37. The Kier molecular flexibility index (Phi) is 3.51. The molecule has 8 nitrogen and oxygen atoms in total. The summed E-state index contributed by atoms with van der Waals surface area (Å²) in [4.78, 5) is 24.9. The Balaban J connectivity index is 2.59. The number of rotatable bonds is 2. The molecule has 114 valence electrons. The van der Waals surface area contributed by atoms with Crippen LogP contribution in [-0.4, -0.2) is 50.7 Å². The monoisotopic (exact) mass is 301 g/mol. The summed E-state index contributed by atoms with van der Waals surface area (Å²) in [6.07, 6.45) is -4.27. The van der Waals surface area contributed by atoms with Gasteiger partial charge in [-0.2, -0.15) is 0 Å². The third-order valence-corrected chi connectivity index (χ3v) is 3.06. The molecule has 1 aromatic heterocycles. The van der Waals surface area contributed by atoms with Gasteiger partial charge in [0.1, 0.15) is 18.9 Å². The van der Waals surface area contributed by atoms with Crippen LogP contribution in [0.5, 0.6) is 0 Å². The van der Waals surface area contributed by atoms with Crippen LogP contribution >= 0.6 is 0 Å². The summed E-state index contributed by atoms with van der Waals surface area (Å²) in [5.41, 5.74) is 2.17. The minimum Gasteiger partial charge on any atom is -0.394 e. The molecule has 5 N–H and O–H groups in total.